The van der Waals surface area contributed by atoms with Crippen LogP contribution in [-0.2, 0) is 4.74 Å². The summed E-state index contributed by atoms with van der Waals surface area (Å²) in [6.45, 7) is 5.86. The maximum absolute atomic E-state index is 14.7. The Bertz CT molecular complexity index is 762. The molecule has 3 N–H and O–H groups in total. The van der Waals surface area contributed by atoms with E-state index in [-0.39, 0.29) is 5.56 Å². The van der Waals surface area contributed by atoms with E-state index < -0.39 is 55.3 Å². The number of nitrogens with zero attached hydrogens (tertiary/aromatic N) is 1. The number of ether oxygens (including phenoxy) is 1. The van der Waals surface area contributed by atoms with Crippen molar-refractivity contribution in [2.75, 3.05) is 6.61 Å². The molecular formula is C21H37FN2O5Sn. The molecule has 0 aromatic carbocycles. The van der Waals surface area contributed by atoms with Crippen molar-refractivity contribution in [3.05, 3.63) is 27.0 Å². The quantitative estimate of drug-likeness (QED) is 0.356. The minimum absolute atomic E-state index is 0.344. The Morgan fingerprint density at radius 2 is 1.63 bits per heavy atom. The molecule has 0 spiro atoms. The first-order valence-electron chi connectivity index (χ1n) is 11.3. The monoisotopic (exact) mass is 536 g/mol. The first-order valence-corrected chi connectivity index (χ1v) is 18.8. The molecular weight excluding hydrogens is 498 g/mol. The van der Waals surface area contributed by atoms with Crippen molar-refractivity contribution in [2.24, 2.45) is 0 Å². The van der Waals surface area contributed by atoms with E-state index >= 15 is 0 Å². The van der Waals surface area contributed by atoms with Gasteiger partial charge in [0, 0.05) is 0 Å². The first kappa shape index (κ1) is 25.5. The van der Waals surface area contributed by atoms with Gasteiger partial charge >= 0.3 is 182 Å². The van der Waals surface area contributed by atoms with Crippen molar-refractivity contribution in [3.63, 3.8) is 0 Å². The minimum atomic E-state index is -3.19. The van der Waals surface area contributed by atoms with Gasteiger partial charge in [-0.15, -0.1) is 0 Å². The predicted octanol–water partition coefficient (Wildman–Crippen LogP) is 2.18. The molecule has 0 unspecified atom stereocenters. The number of unbranched alkanes of at least 4 members (excludes halogenated alkanes) is 3. The first-order chi connectivity index (χ1) is 14.3. The van der Waals surface area contributed by atoms with Crippen LogP contribution in [0.15, 0.2) is 15.8 Å². The second-order valence-corrected chi connectivity index (χ2v) is 21.6. The molecule has 1 saturated heterocycles. The predicted molar refractivity (Wildman–Crippen MR) is 118 cm³/mol. The zero-order valence-electron chi connectivity index (χ0n) is 18.4. The van der Waals surface area contributed by atoms with Crippen LogP contribution in [-0.4, -0.2) is 63.1 Å². The zero-order valence-corrected chi connectivity index (χ0v) is 21.3. The number of halogens is 1. The third kappa shape index (κ3) is 5.55. The van der Waals surface area contributed by atoms with Crippen LogP contribution in [0.4, 0.5) is 4.39 Å². The molecule has 1 aromatic heterocycles. The SMILES string of the molecule is CCC[CH2][Sn]([CH2]CCC)([CH2]CCC)[c]1cn([C@@H]2O[C@H](CO)[C@@H](O)[C@H]2F)c(=O)[nH]c1=O. The fraction of sp³-hybridized carbons (Fsp3) is 0.810. The number of nitrogens with one attached hydrogen (secondary N) is 1. The Labute approximate surface area is 181 Å². The van der Waals surface area contributed by atoms with Crippen LogP contribution in [0.1, 0.15) is 65.5 Å². The average molecular weight is 535 g/mol. The van der Waals surface area contributed by atoms with Crippen molar-refractivity contribution in [2.45, 2.75) is 97.2 Å². The Hall–Kier alpha value is -0.711. The summed E-state index contributed by atoms with van der Waals surface area (Å²) >= 11 is -3.19. The summed E-state index contributed by atoms with van der Waals surface area (Å²) in [7, 11) is 0. The van der Waals surface area contributed by atoms with Crippen LogP contribution in [0.5, 0.6) is 0 Å². The van der Waals surface area contributed by atoms with Crippen molar-refractivity contribution < 1.29 is 19.3 Å². The van der Waals surface area contributed by atoms with Crippen molar-refractivity contribution in [1.82, 2.24) is 9.55 Å². The molecule has 1 aliphatic heterocycles. The zero-order chi connectivity index (χ0) is 22.3. The van der Waals surface area contributed by atoms with Crippen molar-refractivity contribution in [3.8, 4) is 0 Å². The van der Waals surface area contributed by atoms with Gasteiger partial charge in [-0.05, 0) is 0 Å². The maximum atomic E-state index is 14.7. The summed E-state index contributed by atoms with van der Waals surface area (Å²) in [5.41, 5.74) is -1.09. The number of hydrogen-bond acceptors (Lipinski definition) is 5. The number of H-pyrrole nitrogens is 1. The van der Waals surface area contributed by atoms with Gasteiger partial charge in [-0.25, -0.2) is 0 Å². The van der Waals surface area contributed by atoms with Gasteiger partial charge in [0.15, 0.2) is 0 Å². The molecule has 30 heavy (non-hydrogen) atoms. The van der Waals surface area contributed by atoms with Gasteiger partial charge in [-0.2, -0.15) is 0 Å². The molecule has 1 fully saturated rings. The van der Waals surface area contributed by atoms with E-state index in [1.165, 1.54) is 6.20 Å². The van der Waals surface area contributed by atoms with E-state index in [4.69, 9.17) is 4.74 Å². The Morgan fingerprint density at radius 3 is 2.07 bits per heavy atom. The summed E-state index contributed by atoms with van der Waals surface area (Å²) in [6, 6.07) is 0. The number of aromatic nitrogens is 2. The number of aliphatic hydroxyl groups is 2. The van der Waals surface area contributed by atoms with Gasteiger partial charge < -0.3 is 0 Å². The van der Waals surface area contributed by atoms with Gasteiger partial charge in [0.05, 0.1) is 0 Å². The van der Waals surface area contributed by atoms with Crippen LogP contribution in [0.2, 0.25) is 13.3 Å². The molecule has 4 atom stereocenters. The normalized spacial score (nSPS) is 24.5. The van der Waals surface area contributed by atoms with Gasteiger partial charge in [0.2, 0.25) is 0 Å². The Balaban J connectivity index is 2.57. The summed E-state index contributed by atoms with van der Waals surface area (Å²) in [6.07, 6.45) is 1.94. The van der Waals surface area contributed by atoms with E-state index in [9.17, 15) is 24.2 Å². The summed E-state index contributed by atoms with van der Waals surface area (Å²) in [5.74, 6) is 0. The molecule has 0 bridgehead atoms. The molecule has 0 aliphatic carbocycles. The van der Waals surface area contributed by atoms with E-state index in [1.807, 2.05) is 0 Å². The van der Waals surface area contributed by atoms with E-state index in [2.05, 4.69) is 25.8 Å². The second-order valence-electron chi connectivity index (χ2n) is 8.48. The topological polar surface area (TPSA) is 105 Å². The molecule has 0 radical (unpaired) electrons. The van der Waals surface area contributed by atoms with Gasteiger partial charge in [-0.1, -0.05) is 0 Å². The molecule has 1 aliphatic rings. The second kappa shape index (κ2) is 11.8. The van der Waals surface area contributed by atoms with Crippen molar-refractivity contribution in [1.29, 1.82) is 0 Å². The third-order valence-electron chi connectivity index (χ3n) is 6.31. The van der Waals surface area contributed by atoms with E-state index in [1.54, 1.807) is 0 Å². The molecule has 2 heterocycles. The van der Waals surface area contributed by atoms with Crippen LogP contribution in [0.25, 0.3) is 0 Å². The molecule has 0 amide bonds. The van der Waals surface area contributed by atoms with Crippen LogP contribution in [0, 0.1) is 0 Å². The standard InChI is InChI=1S/C9H10FN2O5.3C4H9.Sn/c10-6-7(15)4(3-13)17-8(6)12-2-1-5(14)11-9(12)16;3*1-3-4-2;/h2,4,6-8,13,15H,3H2,(H,11,14,16);3*1,3-4H2,2H3;/t4-,6-,7-,8-;;;;/m1..../s1. The fourth-order valence-electron chi connectivity index (χ4n) is 4.46. The number of alkyl halides is 1. The van der Waals surface area contributed by atoms with Crippen LogP contribution in [0.3, 0.4) is 0 Å². The van der Waals surface area contributed by atoms with Crippen LogP contribution < -0.4 is 14.8 Å². The van der Waals surface area contributed by atoms with Crippen molar-refractivity contribution >= 4 is 22.0 Å². The van der Waals surface area contributed by atoms with Gasteiger partial charge in [0.1, 0.15) is 0 Å². The van der Waals surface area contributed by atoms with Gasteiger partial charge in [0.25, 0.3) is 0 Å². The number of aliphatic hydroxyl groups excluding tert-OH is 2. The molecule has 172 valence electrons. The third-order valence-corrected chi connectivity index (χ3v) is 21.8. The number of aromatic amines is 1. The Kier molecular flexibility index (Phi) is 10.0. The van der Waals surface area contributed by atoms with Crippen LogP contribution >= 0.6 is 0 Å². The molecule has 7 nitrogen and oxygen atoms in total. The average Bonchev–Trinajstić information content (AvgIpc) is 3.02. The fourth-order valence-corrected chi connectivity index (χ4v) is 20.5. The molecule has 9 heteroatoms. The van der Waals surface area contributed by atoms with Gasteiger partial charge in [-0.3, -0.25) is 0 Å². The van der Waals surface area contributed by atoms with E-state index in [0.717, 1.165) is 56.4 Å². The van der Waals surface area contributed by atoms with E-state index in [0.29, 0.717) is 3.58 Å². The summed E-state index contributed by atoms with van der Waals surface area (Å²) < 4.78 is 25.0. The Morgan fingerprint density at radius 1 is 1.10 bits per heavy atom. The number of rotatable bonds is 12. The summed E-state index contributed by atoms with van der Waals surface area (Å²) in [4.78, 5) is 27.9. The summed E-state index contributed by atoms with van der Waals surface area (Å²) in [5, 5.41) is 19.3. The molecule has 2 rings (SSSR count). The molecule has 1 aromatic rings. The molecule has 0 saturated carbocycles. The number of hydrogen-bond donors (Lipinski definition) is 3.